The van der Waals surface area contributed by atoms with Crippen LogP contribution in [-0.2, 0) is 0 Å². The Morgan fingerprint density at radius 2 is 1.91 bits per heavy atom. The van der Waals surface area contributed by atoms with Crippen LogP contribution in [0.5, 0.6) is 5.75 Å². The Balaban J connectivity index is 1.64. The molecule has 2 aromatic heterocycles. The zero-order chi connectivity index (χ0) is 25.1. The third-order valence-corrected chi connectivity index (χ3v) is 5.49. The number of para-hydroxylation sites is 3. The number of rotatable bonds is 7. The monoisotopic (exact) mass is 499 g/mol. The number of anilines is 1. The Morgan fingerprint density at radius 1 is 1.20 bits per heavy atom. The first-order chi connectivity index (χ1) is 16.7. The molecule has 4 rings (SSSR count). The summed E-state index contributed by atoms with van der Waals surface area (Å²) in [7, 11) is 0. The maximum Gasteiger partial charge on any atom is 0.387 e. The number of nitro groups is 1. The number of hydrogen-bond donors (Lipinski definition) is 1. The van der Waals surface area contributed by atoms with E-state index in [4.69, 9.17) is 0 Å². The maximum absolute atomic E-state index is 12.8. The zero-order valence-corrected chi connectivity index (χ0v) is 18.7. The molecule has 2 aromatic carbocycles. The van der Waals surface area contributed by atoms with E-state index in [1.807, 2.05) is 0 Å². The number of nitro benzene ring substituents is 1. The number of nitrogens with zero attached hydrogens (tertiary/aromatic N) is 4. The molecule has 0 saturated carbocycles. The van der Waals surface area contributed by atoms with Gasteiger partial charge in [0.05, 0.1) is 10.6 Å². The average molecular weight is 499 g/mol. The molecule has 0 aliphatic heterocycles. The molecule has 10 nitrogen and oxygen atoms in total. The van der Waals surface area contributed by atoms with Gasteiger partial charge < -0.3 is 4.74 Å². The number of ether oxygens (including phenoxy) is 1. The van der Waals surface area contributed by atoms with Crippen LogP contribution in [-0.4, -0.2) is 32.2 Å². The molecule has 1 N–H and O–H groups in total. The van der Waals surface area contributed by atoms with Gasteiger partial charge in [-0.15, -0.1) is 11.3 Å². The lowest BCUT2D eigenvalue weighted by Crippen LogP contribution is -2.27. The Labute approximate surface area is 199 Å². The van der Waals surface area contributed by atoms with E-state index >= 15 is 0 Å². The molecule has 0 aliphatic carbocycles. The Hall–Kier alpha value is -4.52. The van der Waals surface area contributed by atoms with E-state index < -0.39 is 28.6 Å². The summed E-state index contributed by atoms with van der Waals surface area (Å²) in [5.41, 5.74) is -0.529. The number of carbonyl (C=O) groups is 1. The molecule has 0 bridgehead atoms. The highest BCUT2D eigenvalue weighted by Crippen LogP contribution is 2.33. The third kappa shape index (κ3) is 5.04. The molecule has 178 valence electrons. The summed E-state index contributed by atoms with van der Waals surface area (Å²) in [6, 6.07) is 13.0. The molecule has 0 atom stereocenters. The van der Waals surface area contributed by atoms with Gasteiger partial charge in [0, 0.05) is 28.8 Å². The summed E-state index contributed by atoms with van der Waals surface area (Å²) in [4.78, 5) is 40.3. The van der Waals surface area contributed by atoms with Gasteiger partial charge in [-0.3, -0.25) is 25.0 Å². The minimum absolute atomic E-state index is 0.0795. The van der Waals surface area contributed by atoms with Crippen LogP contribution in [0.1, 0.15) is 16.2 Å². The Kier molecular flexibility index (Phi) is 6.59. The zero-order valence-electron chi connectivity index (χ0n) is 17.8. The maximum atomic E-state index is 12.8. The van der Waals surface area contributed by atoms with Gasteiger partial charge in [-0.05, 0) is 25.1 Å². The fourth-order valence-corrected chi connectivity index (χ4v) is 3.94. The number of alkyl halides is 2. The van der Waals surface area contributed by atoms with Crippen LogP contribution < -0.4 is 15.5 Å². The van der Waals surface area contributed by atoms with Crippen LogP contribution in [0.15, 0.2) is 64.8 Å². The minimum Gasteiger partial charge on any atom is -0.434 e. The first-order valence-electron chi connectivity index (χ1n) is 9.90. The van der Waals surface area contributed by atoms with E-state index in [1.54, 1.807) is 12.1 Å². The molecule has 4 aromatic rings. The van der Waals surface area contributed by atoms with Crippen molar-refractivity contribution in [2.45, 2.75) is 13.5 Å². The highest BCUT2D eigenvalue weighted by molar-refractivity contribution is 7.14. The van der Waals surface area contributed by atoms with E-state index in [-0.39, 0.29) is 39.2 Å². The lowest BCUT2D eigenvalue weighted by Gasteiger charge is -2.11. The highest BCUT2D eigenvalue weighted by atomic mass is 32.1. The SMILES string of the molecule is Cc1cc(=O)c(C(=O)Nc2nc(-c3ccccc3OC(F)F)cs2)nn1-c1ccccc1[N+](=O)[O-]. The van der Waals surface area contributed by atoms with Crippen molar-refractivity contribution in [3.8, 4) is 22.7 Å². The normalized spacial score (nSPS) is 10.9. The Morgan fingerprint density at radius 3 is 2.66 bits per heavy atom. The summed E-state index contributed by atoms with van der Waals surface area (Å²) < 4.78 is 31.0. The van der Waals surface area contributed by atoms with Crippen LogP contribution in [0.25, 0.3) is 16.9 Å². The number of carbonyl (C=O) groups excluding carboxylic acids is 1. The van der Waals surface area contributed by atoms with Gasteiger partial charge >= 0.3 is 6.61 Å². The van der Waals surface area contributed by atoms with Crippen molar-refractivity contribution < 1.29 is 23.2 Å². The number of halogens is 2. The van der Waals surface area contributed by atoms with Crippen LogP contribution in [0, 0.1) is 17.0 Å². The molecular formula is C22H15F2N5O5S. The quantitative estimate of drug-likeness (QED) is 0.294. The van der Waals surface area contributed by atoms with E-state index in [2.05, 4.69) is 20.1 Å². The molecule has 0 spiro atoms. The highest BCUT2D eigenvalue weighted by Gasteiger charge is 2.21. The van der Waals surface area contributed by atoms with Crippen molar-refractivity contribution in [1.29, 1.82) is 0 Å². The van der Waals surface area contributed by atoms with Crippen molar-refractivity contribution in [1.82, 2.24) is 14.8 Å². The van der Waals surface area contributed by atoms with E-state index in [1.165, 1.54) is 48.7 Å². The van der Waals surface area contributed by atoms with Gasteiger partial charge in [0.15, 0.2) is 10.8 Å². The number of benzene rings is 2. The molecule has 0 saturated heterocycles. The topological polar surface area (TPSA) is 129 Å². The Bertz CT molecular complexity index is 1490. The lowest BCUT2D eigenvalue weighted by atomic mass is 10.1. The summed E-state index contributed by atoms with van der Waals surface area (Å²) >= 11 is 0.999. The van der Waals surface area contributed by atoms with Gasteiger partial charge in [0.1, 0.15) is 11.4 Å². The molecular weight excluding hydrogens is 484 g/mol. The first kappa shape index (κ1) is 23.6. The van der Waals surface area contributed by atoms with Gasteiger partial charge in [0.2, 0.25) is 5.43 Å². The fourth-order valence-electron chi connectivity index (χ4n) is 3.23. The summed E-state index contributed by atoms with van der Waals surface area (Å²) in [5.74, 6) is -0.974. The number of aromatic nitrogens is 3. The smallest absolute Gasteiger partial charge is 0.387 e. The molecule has 0 fully saturated rings. The standard InChI is InChI=1S/C22H15F2N5O5S/c1-12-10-17(30)19(27-28(12)15-7-3-4-8-16(15)29(32)33)20(31)26-22-25-14(11-35-22)13-6-2-5-9-18(13)34-21(23)24/h2-11,21H,1H3,(H,25,26,31). The lowest BCUT2D eigenvalue weighted by molar-refractivity contribution is -0.384. The number of hydrogen-bond acceptors (Lipinski definition) is 8. The first-order valence-corrected chi connectivity index (χ1v) is 10.8. The molecule has 0 unspecified atom stereocenters. The number of thiazole rings is 1. The van der Waals surface area contributed by atoms with E-state index in [9.17, 15) is 28.5 Å². The van der Waals surface area contributed by atoms with E-state index in [0.29, 0.717) is 0 Å². The number of aryl methyl sites for hydroxylation is 1. The van der Waals surface area contributed by atoms with Crippen molar-refractivity contribution in [2.75, 3.05) is 5.32 Å². The van der Waals surface area contributed by atoms with Crippen LogP contribution in [0.3, 0.4) is 0 Å². The molecule has 0 aliphatic rings. The van der Waals surface area contributed by atoms with Crippen LogP contribution in [0.2, 0.25) is 0 Å². The van der Waals surface area contributed by atoms with Crippen molar-refractivity contribution in [3.05, 3.63) is 91.7 Å². The summed E-state index contributed by atoms with van der Waals surface area (Å²) in [5, 5.41) is 19.5. The summed E-state index contributed by atoms with van der Waals surface area (Å²) in [6.07, 6.45) is 0. The fraction of sp³-hybridized carbons (Fsp3) is 0.0909. The molecule has 13 heteroatoms. The van der Waals surface area contributed by atoms with E-state index in [0.717, 1.165) is 22.1 Å². The third-order valence-electron chi connectivity index (χ3n) is 4.73. The van der Waals surface area contributed by atoms with Gasteiger partial charge in [-0.2, -0.15) is 13.9 Å². The van der Waals surface area contributed by atoms with Gasteiger partial charge in [-0.1, -0.05) is 24.3 Å². The van der Waals surface area contributed by atoms with Crippen molar-refractivity contribution in [2.24, 2.45) is 0 Å². The second-order valence-electron chi connectivity index (χ2n) is 7.02. The molecule has 0 radical (unpaired) electrons. The number of amides is 1. The van der Waals surface area contributed by atoms with Crippen molar-refractivity contribution in [3.63, 3.8) is 0 Å². The van der Waals surface area contributed by atoms with Crippen molar-refractivity contribution >= 4 is 28.1 Å². The van der Waals surface area contributed by atoms with Gasteiger partial charge in [0.25, 0.3) is 11.6 Å². The predicted octanol–water partition coefficient (Wildman–Crippen LogP) is 4.43. The second kappa shape index (κ2) is 9.77. The minimum atomic E-state index is -3.02. The second-order valence-corrected chi connectivity index (χ2v) is 7.88. The van der Waals surface area contributed by atoms with Crippen LogP contribution in [0.4, 0.5) is 19.6 Å². The van der Waals surface area contributed by atoms with Gasteiger partial charge in [-0.25, -0.2) is 9.67 Å². The molecule has 35 heavy (non-hydrogen) atoms. The average Bonchev–Trinajstić information content (AvgIpc) is 3.27. The molecule has 1 amide bonds. The largest absolute Gasteiger partial charge is 0.434 e. The number of nitrogens with one attached hydrogen (secondary N) is 1. The molecule has 2 heterocycles. The van der Waals surface area contributed by atoms with Crippen LogP contribution >= 0.6 is 11.3 Å². The summed E-state index contributed by atoms with van der Waals surface area (Å²) in [6.45, 7) is -1.50. The predicted molar refractivity (Wildman–Crippen MR) is 123 cm³/mol.